The Morgan fingerprint density at radius 1 is 1.07 bits per heavy atom. The maximum atomic E-state index is 12.6. The Morgan fingerprint density at radius 2 is 1.75 bits per heavy atom. The highest BCUT2D eigenvalue weighted by Crippen LogP contribution is 2.16. The molecule has 1 aliphatic heterocycles. The van der Waals surface area contributed by atoms with Crippen molar-refractivity contribution in [1.29, 1.82) is 0 Å². The third-order valence-electron chi connectivity index (χ3n) is 5.12. The van der Waals surface area contributed by atoms with Crippen molar-refractivity contribution in [2.24, 2.45) is 0 Å². The molecule has 5 nitrogen and oxygen atoms in total. The van der Waals surface area contributed by atoms with Crippen molar-refractivity contribution in [3.05, 3.63) is 65.2 Å². The molecule has 1 saturated heterocycles. The van der Waals surface area contributed by atoms with Gasteiger partial charge in [-0.15, -0.1) is 0 Å². The summed E-state index contributed by atoms with van der Waals surface area (Å²) in [6, 6.07) is 15.6. The zero-order valence-electron chi connectivity index (χ0n) is 16.6. The highest BCUT2D eigenvalue weighted by Gasteiger charge is 2.24. The van der Waals surface area contributed by atoms with Crippen molar-refractivity contribution in [1.82, 2.24) is 4.90 Å². The highest BCUT2D eigenvalue weighted by molar-refractivity contribution is 5.96. The zero-order valence-corrected chi connectivity index (χ0v) is 16.6. The molecule has 0 aromatic heterocycles. The van der Waals surface area contributed by atoms with Crippen molar-refractivity contribution < 1.29 is 14.3 Å². The van der Waals surface area contributed by atoms with Gasteiger partial charge in [-0.1, -0.05) is 31.2 Å². The number of aryl methyl sites for hydroxylation is 2. The first kappa shape index (κ1) is 20.1. The lowest BCUT2D eigenvalue weighted by Gasteiger charge is -2.33. The van der Waals surface area contributed by atoms with Crippen LogP contribution in [0.2, 0.25) is 0 Å². The fourth-order valence-corrected chi connectivity index (χ4v) is 3.31. The summed E-state index contributed by atoms with van der Waals surface area (Å²) in [5.41, 5.74) is 3.79. The van der Waals surface area contributed by atoms with E-state index in [1.807, 2.05) is 11.8 Å². The molecule has 0 radical (unpaired) electrons. The largest absolute Gasteiger partial charge is 0.377 e. The molecule has 0 bridgehead atoms. The normalized spacial score (nSPS) is 16.6. The molecule has 2 aromatic carbocycles. The highest BCUT2D eigenvalue weighted by atomic mass is 16.5. The predicted molar refractivity (Wildman–Crippen MR) is 111 cm³/mol. The summed E-state index contributed by atoms with van der Waals surface area (Å²) in [5, 5.41) is 2.91. The summed E-state index contributed by atoms with van der Waals surface area (Å²) in [6.07, 6.45) is 2.16. The third kappa shape index (κ3) is 5.20. The topological polar surface area (TPSA) is 58.6 Å². The molecule has 148 valence electrons. The van der Waals surface area contributed by atoms with Gasteiger partial charge in [-0.05, 0) is 55.2 Å². The molecular weight excluding hydrogens is 352 g/mol. The van der Waals surface area contributed by atoms with E-state index < -0.39 is 0 Å². The monoisotopic (exact) mass is 380 g/mol. The molecule has 1 heterocycles. The summed E-state index contributed by atoms with van der Waals surface area (Å²) in [6.45, 7) is 5.87. The SMILES string of the molecule is CCc1ccc(CCC(=O)Nc2ccc(C(=O)N3CCOCC3C)cc2)cc1. The van der Waals surface area contributed by atoms with Crippen LogP contribution in [0, 0.1) is 0 Å². The van der Waals surface area contributed by atoms with Crippen LogP contribution in [0.1, 0.15) is 41.8 Å². The quantitative estimate of drug-likeness (QED) is 0.832. The van der Waals surface area contributed by atoms with E-state index in [4.69, 9.17) is 4.74 Å². The molecule has 0 saturated carbocycles. The van der Waals surface area contributed by atoms with Crippen molar-refractivity contribution in [2.75, 3.05) is 25.1 Å². The van der Waals surface area contributed by atoms with Crippen LogP contribution in [0.15, 0.2) is 48.5 Å². The molecule has 1 atom stereocenters. The molecule has 1 N–H and O–H groups in total. The minimum absolute atomic E-state index is 0.00389. The molecule has 0 aliphatic carbocycles. The Kier molecular flexibility index (Phi) is 6.82. The molecule has 0 spiro atoms. The average molecular weight is 380 g/mol. The number of hydrogen-bond acceptors (Lipinski definition) is 3. The first-order chi connectivity index (χ1) is 13.6. The van der Waals surface area contributed by atoms with Gasteiger partial charge < -0.3 is 15.0 Å². The van der Waals surface area contributed by atoms with E-state index in [0.29, 0.717) is 43.9 Å². The maximum Gasteiger partial charge on any atom is 0.254 e. The fourth-order valence-electron chi connectivity index (χ4n) is 3.31. The molecule has 2 amide bonds. The van der Waals surface area contributed by atoms with E-state index in [1.165, 1.54) is 5.56 Å². The Hall–Kier alpha value is -2.66. The Morgan fingerprint density at radius 3 is 2.39 bits per heavy atom. The van der Waals surface area contributed by atoms with E-state index in [9.17, 15) is 9.59 Å². The number of amides is 2. The van der Waals surface area contributed by atoms with Gasteiger partial charge in [-0.3, -0.25) is 9.59 Å². The number of carbonyl (C=O) groups is 2. The summed E-state index contributed by atoms with van der Waals surface area (Å²) >= 11 is 0. The second kappa shape index (κ2) is 9.51. The van der Waals surface area contributed by atoms with Gasteiger partial charge in [0, 0.05) is 24.2 Å². The predicted octanol–water partition coefficient (Wildman–Crippen LogP) is 3.68. The number of benzene rings is 2. The van der Waals surface area contributed by atoms with E-state index in [-0.39, 0.29) is 17.9 Å². The van der Waals surface area contributed by atoms with Crippen molar-refractivity contribution in [3.63, 3.8) is 0 Å². The van der Waals surface area contributed by atoms with Crippen molar-refractivity contribution >= 4 is 17.5 Å². The second-order valence-electron chi connectivity index (χ2n) is 7.22. The van der Waals surface area contributed by atoms with Crippen LogP contribution in [-0.2, 0) is 22.4 Å². The van der Waals surface area contributed by atoms with Crippen LogP contribution in [0.3, 0.4) is 0 Å². The van der Waals surface area contributed by atoms with Gasteiger partial charge in [0.05, 0.1) is 19.3 Å². The van der Waals surface area contributed by atoms with Gasteiger partial charge in [0.1, 0.15) is 0 Å². The number of nitrogens with one attached hydrogen (secondary N) is 1. The van der Waals surface area contributed by atoms with Crippen LogP contribution in [0.4, 0.5) is 5.69 Å². The van der Waals surface area contributed by atoms with Crippen molar-refractivity contribution in [2.45, 2.75) is 39.2 Å². The maximum absolute atomic E-state index is 12.6. The summed E-state index contributed by atoms with van der Waals surface area (Å²) in [4.78, 5) is 26.7. The van der Waals surface area contributed by atoms with E-state index in [1.54, 1.807) is 24.3 Å². The molecule has 5 heteroatoms. The number of rotatable bonds is 6. The summed E-state index contributed by atoms with van der Waals surface area (Å²) in [5.74, 6) is -0.0235. The minimum atomic E-state index is -0.0274. The first-order valence-electron chi connectivity index (χ1n) is 9.93. The first-order valence-corrected chi connectivity index (χ1v) is 9.93. The van der Waals surface area contributed by atoms with Crippen molar-refractivity contribution in [3.8, 4) is 0 Å². The standard InChI is InChI=1S/C23H28N2O3/c1-3-18-4-6-19(7-5-18)8-13-22(26)24-21-11-9-20(10-12-21)23(27)25-14-15-28-16-17(25)2/h4-7,9-12,17H,3,8,13-16H2,1-2H3,(H,24,26). The van der Waals surface area contributed by atoms with Gasteiger partial charge >= 0.3 is 0 Å². The Balaban J connectivity index is 1.51. The molecule has 1 fully saturated rings. The van der Waals surface area contributed by atoms with Crippen LogP contribution in [0.5, 0.6) is 0 Å². The smallest absolute Gasteiger partial charge is 0.254 e. The lowest BCUT2D eigenvalue weighted by atomic mass is 10.1. The van der Waals surface area contributed by atoms with E-state index in [2.05, 4.69) is 36.5 Å². The van der Waals surface area contributed by atoms with Gasteiger partial charge in [0.15, 0.2) is 0 Å². The van der Waals surface area contributed by atoms with Gasteiger partial charge in [-0.25, -0.2) is 0 Å². The van der Waals surface area contributed by atoms with E-state index >= 15 is 0 Å². The van der Waals surface area contributed by atoms with Gasteiger partial charge in [-0.2, -0.15) is 0 Å². The molecule has 3 rings (SSSR count). The molecule has 1 unspecified atom stereocenters. The number of ether oxygens (including phenoxy) is 1. The van der Waals surface area contributed by atoms with Crippen LogP contribution in [0.25, 0.3) is 0 Å². The third-order valence-corrected chi connectivity index (χ3v) is 5.12. The summed E-state index contributed by atoms with van der Waals surface area (Å²) in [7, 11) is 0. The molecule has 2 aromatic rings. The van der Waals surface area contributed by atoms with Crippen LogP contribution < -0.4 is 5.32 Å². The Labute approximate surface area is 166 Å². The molecule has 28 heavy (non-hydrogen) atoms. The number of nitrogens with zero attached hydrogens (tertiary/aromatic N) is 1. The Bertz CT molecular complexity index is 800. The number of anilines is 1. The molecular formula is C23H28N2O3. The number of carbonyl (C=O) groups excluding carboxylic acids is 2. The minimum Gasteiger partial charge on any atom is -0.377 e. The number of morpholine rings is 1. The average Bonchev–Trinajstić information content (AvgIpc) is 2.73. The zero-order chi connectivity index (χ0) is 19.9. The number of hydrogen-bond donors (Lipinski definition) is 1. The van der Waals surface area contributed by atoms with Gasteiger partial charge in [0.25, 0.3) is 5.91 Å². The lowest BCUT2D eigenvalue weighted by Crippen LogP contribution is -2.47. The van der Waals surface area contributed by atoms with E-state index in [0.717, 1.165) is 12.0 Å². The summed E-state index contributed by atoms with van der Waals surface area (Å²) < 4.78 is 5.39. The van der Waals surface area contributed by atoms with Gasteiger partial charge in [0.2, 0.25) is 5.91 Å². The lowest BCUT2D eigenvalue weighted by molar-refractivity contribution is -0.116. The van der Waals surface area contributed by atoms with Crippen LogP contribution >= 0.6 is 0 Å². The second-order valence-corrected chi connectivity index (χ2v) is 7.22. The van der Waals surface area contributed by atoms with Crippen LogP contribution in [-0.4, -0.2) is 42.5 Å². The molecule has 1 aliphatic rings. The fraction of sp³-hybridized carbons (Fsp3) is 0.391.